The Kier molecular flexibility index (Phi) is 6.07. The van der Waals surface area contributed by atoms with Gasteiger partial charge in [-0.25, -0.2) is 4.98 Å². The Morgan fingerprint density at radius 1 is 1.15 bits per heavy atom. The van der Waals surface area contributed by atoms with E-state index in [0.29, 0.717) is 5.02 Å². The van der Waals surface area contributed by atoms with Crippen LogP contribution in [0, 0.1) is 5.92 Å². The first-order valence-electron chi connectivity index (χ1n) is 8.74. The van der Waals surface area contributed by atoms with Crippen LogP contribution >= 0.6 is 22.9 Å². The molecule has 0 fully saturated rings. The number of amides is 1. The van der Waals surface area contributed by atoms with Crippen LogP contribution in [0.5, 0.6) is 0 Å². The van der Waals surface area contributed by atoms with Gasteiger partial charge in [0.1, 0.15) is 5.01 Å². The molecule has 0 aliphatic carbocycles. The normalized spacial score (nSPS) is 10.9. The topological polar surface area (TPSA) is 42.0 Å². The molecule has 1 aromatic heterocycles. The average molecular weight is 385 g/mol. The Labute approximate surface area is 163 Å². The number of thiazole rings is 1. The Bertz CT molecular complexity index is 902. The molecule has 2 aromatic carbocycles. The summed E-state index contributed by atoms with van der Waals surface area (Å²) in [5.74, 6) is 0.118. The van der Waals surface area contributed by atoms with E-state index < -0.39 is 0 Å². The first-order valence-corrected chi connectivity index (χ1v) is 9.99. The second kappa shape index (κ2) is 8.47. The zero-order chi connectivity index (χ0) is 18.5. The van der Waals surface area contributed by atoms with Crippen LogP contribution in [0.2, 0.25) is 5.02 Å². The maximum absolute atomic E-state index is 12.3. The van der Waals surface area contributed by atoms with Gasteiger partial charge in [-0.15, -0.1) is 11.3 Å². The lowest BCUT2D eigenvalue weighted by molar-refractivity contribution is -0.120. The van der Waals surface area contributed by atoms with Gasteiger partial charge in [-0.05, 0) is 31.0 Å². The van der Waals surface area contributed by atoms with Gasteiger partial charge in [-0.2, -0.15) is 0 Å². The number of hydrogen-bond acceptors (Lipinski definition) is 3. The molecular formula is C21H21ClN2OS. The van der Waals surface area contributed by atoms with Crippen molar-refractivity contribution in [2.75, 3.05) is 5.32 Å². The van der Waals surface area contributed by atoms with Crippen LogP contribution in [0.3, 0.4) is 0 Å². The molecule has 0 saturated carbocycles. The smallest absolute Gasteiger partial charge is 0.227 e. The summed E-state index contributed by atoms with van der Waals surface area (Å²) in [4.78, 5) is 17.0. The number of rotatable bonds is 6. The summed E-state index contributed by atoms with van der Waals surface area (Å²) in [6.45, 7) is 4.07. The molecule has 0 aliphatic heterocycles. The number of carbonyl (C=O) groups is 1. The Balaban J connectivity index is 1.83. The van der Waals surface area contributed by atoms with Crippen molar-refractivity contribution in [3.8, 4) is 21.8 Å². The summed E-state index contributed by atoms with van der Waals surface area (Å²) in [6.07, 6.45) is 1.69. The van der Waals surface area contributed by atoms with Crippen LogP contribution < -0.4 is 5.32 Å². The molecule has 5 heteroatoms. The highest BCUT2D eigenvalue weighted by Crippen LogP contribution is 2.33. The van der Waals surface area contributed by atoms with Crippen LogP contribution in [0.15, 0.2) is 53.9 Å². The second-order valence-corrected chi connectivity index (χ2v) is 7.37. The van der Waals surface area contributed by atoms with Crippen molar-refractivity contribution >= 4 is 34.5 Å². The lowest BCUT2D eigenvalue weighted by atomic mass is 10.0. The molecule has 134 valence electrons. The highest BCUT2D eigenvalue weighted by atomic mass is 35.5. The van der Waals surface area contributed by atoms with Crippen LogP contribution in [0.25, 0.3) is 21.8 Å². The van der Waals surface area contributed by atoms with Crippen LogP contribution in [-0.2, 0) is 4.79 Å². The molecule has 3 aromatic rings. The number of nitrogens with one attached hydrogen (secondary N) is 1. The molecule has 0 aliphatic rings. The first-order chi connectivity index (χ1) is 12.6. The van der Waals surface area contributed by atoms with Gasteiger partial charge in [0, 0.05) is 28.1 Å². The quantitative estimate of drug-likeness (QED) is 0.526. The number of hydrogen-bond donors (Lipinski definition) is 1. The summed E-state index contributed by atoms with van der Waals surface area (Å²) < 4.78 is 0. The Morgan fingerprint density at radius 2 is 1.92 bits per heavy atom. The lowest BCUT2D eigenvalue weighted by Crippen LogP contribution is -2.21. The molecule has 0 atom stereocenters. The average Bonchev–Trinajstić information content (AvgIpc) is 3.13. The predicted molar refractivity (Wildman–Crippen MR) is 111 cm³/mol. The van der Waals surface area contributed by atoms with E-state index in [1.807, 2.05) is 67.8 Å². The van der Waals surface area contributed by atoms with E-state index in [1.165, 1.54) is 0 Å². The van der Waals surface area contributed by atoms with Gasteiger partial charge in [0.15, 0.2) is 0 Å². The minimum absolute atomic E-state index is 0.0461. The van der Waals surface area contributed by atoms with E-state index in [9.17, 15) is 4.79 Å². The van der Waals surface area contributed by atoms with E-state index >= 15 is 0 Å². The highest BCUT2D eigenvalue weighted by Gasteiger charge is 2.15. The van der Waals surface area contributed by atoms with E-state index in [4.69, 9.17) is 16.6 Å². The summed E-state index contributed by atoms with van der Waals surface area (Å²) in [5.41, 5.74) is 3.58. The minimum atomic E-state index is 0.0461. The third-order valence-electron chi connectivity index (χ3n) is 4.39. The van der Waals surface area contributed by atoms with Gasteiger partial charge in [-0.3, -0.25) is 4.79 Å². The van der Waals surface area contributed by atoms with Crippen molar-refractivity contribution in [1.82, 2.24) is 4.98 Å². The lowest BCUT2D eigenvalue weighted by Gasteiger charge is -2.13. The van der Waals surface area contributed by atoms with Crippen molar-refractivity contribution in [2.45, 2.75) is 26.7 Å². The molecule has 3 nitrogen and oxygen atoms in total. The Hall–Kier alpha value is -2.17. The summed E-state index contributed by atoms with van der Waals surface area (Å²) in [7, 11) is 0. The van der Waals surface area contributed by atoms with E-state index in [2.05, 4.69) is 5.32 Å². The molecule has 0 bridgehead atoms. The minimum Gasteiger partial charge on any atom is -0.326 e. The second-order valence-electron chi connectivity index (χ2n) is 6.10. The third-order valence-corrected chi connectivity index (χ3v) is 5.60. The molecule has 1 amide bonds. The van der Waals surface area contributed by atoms with Gasteiger partial charge in [0.05, 0.1) is 10.7 Å². The van der Waals surface area contributed by atoms with Crippen LogP contribution in [0.1, 0.15) is 26.7 Å². The molecule has 1 N–H and O–H groups in total. The molecule has 3 rings (SSSR count). The molecule has 26 heavy (non-hydrogen) atoms. The van der Waals surface area contributed by atoms with Gasteiger partial charge in [0.2, 0.25) is 5.91 Å². The fraction of sp³-hybridized carbons (Fsp3) is 0.238. The molecule has 1 heterocycles. The number of anilines is 1. The van der Waals surface area contributed by atoms with Gasteiger partial charge in [-0.1, -0.05) is 55.8 Å². The number of nitrogens with zero attached hydrogens (tertiary/aromatic N) is 1. The third kappa shape index (κ3) is 4.14. The SMILES string of the molecule is CCC(CC)C(=O)Nc1cccc(-c2csc(-c3ccccc3Cl)n2)c1. The van der Waals surface area contributed by atoms with Crippen LogP contribution in [-0.4, -0.2) is 10.9 Å². The molecule has 0 radical (unpaired) electrons. The van der Waals surface area contributed by atoms with E-state index in [-0.39, 0.29) is 11.8 Å². The standard InChI is InChI=1S/C21H21ClN2OS/c1-3-14(4-2)20(25)23-16-9-7-8-15(12-16)19-13-26-21(24-19)17-10-5-6-11-18(17)22/h5-14H,3-4H2,1-2H3,(H,23,25). The molecule has 0 saturated heterocycles. The van der Waals surface area contributed by atoms with Crippen molar-refractivity contribution in [1.29, 1.82) is 0 Å². The maximum Gasteiger partial charge on any atom is 0.227 e. The van der Waals surface area contributed by atoms with Gasteiger partial charge < -0.3 is 5.32 Å². The first kappa shape index (κ1) is 18.6. The molecular weight excluding hydrogens is 364 g/mol. The number of halogens is 1. The zero-order valence-electron chi connectivity index (χ0n) is 14.8. The van der Waals surface area contributed by atoms with Crippen molar-refractivity contribution in [3.63, 3.8) is 0 Å². The summed E-state index contributed by atoms with van der Waals surface area (Å²) in [6, 6.07) is 15.5. The highest BCUT2D eigenvalue weighted by molar-refractivity contribution is 7.13. The predicted octanol–water partition coefficient (Wildman–Crippen LogP) is 6.51. The van der Waals surface area contributed by atoms with Crippen molar-refractivity contribution in [2.24, 2.45) is 5.92 Å². The van der Waals surface area contributed by atoms with E-state index in [0.717, 1.165) is 40.4 Å². The summed E-state index contributed by atoms with van der Waals surface area (Å²) >= 11 is 7.83. The van der Waals surface area contributed by atoms with Gasteiger partial charge >= 0.3 is 0 Å². The number of benzene rings is 2. The number of aromatic nitrogens is 1. The summed E-state index contributed by atoms with van der Waals surface area (Å²) in [5, 5.41) is 6.61. The number of carbonyl (C=O) groups excluding carboxylic acids is 1. The van der Waals surface area contributed by atoms with Crippen LogP contribution in [0.4, 0.5) is 5.69 Å². The molecule has 0 spiro atoms. The monoisotopic (exact) mass is 384 g/mol. The van der Waals surface area contributed by atoms with Gasteiger partial charge in [0.25, 0.3) is 0 Å². The Morgan fingerprint density at radius 3 is 2.65 bits per heavy atom. The molecule has 0 unspecified atom stereocenters. The van der Waals surface area contributed by atoms with Crippen molar-refractivity contribution in [3.05, 3.63) is 58.9 Å². The van der Waals surface area contributed by atoms with E-state index in [1.54, 1.807) is 11.3 Å². The fourth-order valence-corrected chi connectivity index (χ4v) is 3.97. The maximum atomic E-state index is 12.3. The largest absolute Gasteiger partial charge is 0.326 e. The fourth-order valence-electron chi connectivity index (χ4n) is 2.82. The van der Waals surface area contributed by atoms with Crippen molar-refractivity contribution < 1.29 is 4.79 Å². The zero-order valence-corrected chi connectivity index (χ0v) is 16.4.